The number of hydrogen-bond donors (Lipinski definition) is 0. The van der Waals surface area contributed by atoms with E-state index in [0.717, 1.165) is 0 Å². The van der Waals surface area contributed by atoms with Crippen LogP contribution in [-0.2, 0) is 4.79 Å². The lowest BCUT2D eigenvalue weighted by Gasteiger charge is -2.09. The van der Waals surface area contributed by atoms with Gasteiger partial charge in [-0.2, -0.15) is 0 Å². The maximum absolute atomic E-state index is 10.7. The Morgan fingerprint density at radius 3 is 2.71 bits per heavy atom. The Morgan fingerprint density at radius 1 is 1.43 bits per heavy atom. The van der Waals surface area contributed by atoms with Crippen LogP contribution in [-0.4, -0.2) is 19.5 Å². The van der Waals surface area contributed by atoms with Crippen molar-refractivity contribution < 1.29 is 14.3 Å². The standard InChI is InChI=1S/C10H11ClO3/c1-7(12)6-14-10-5-8(11)3-4-9(10)13-2/h3-5H,6H2,1-2H3. The number of halogens is 1. The minimum absolute atomic E-state index is 0.0245. The number of carbonyl (C=O) groups is 1. The first-order valence-corrected chi connectivity index (χ1v) is 4.47. The van der Waals surface area contributed by atoms with E-state index in [2.05, 4.69) is 0 Å². The molecular weight excluding hydrogens is 204 g/mol. The zero-order valence-electron chi connectivity index (χ0n) is 8.04. The molecule has 1 rings (SSSR count). The number of carbonyl (C=O) groups excluding carboxylic acids is 1. The van der Waals surface area contributed by atoms with Gasteiger partial charge >= 0.3 is 0 Å². The molecule has 0 radical (unpaired) electrons. The Morgan fingerprint density at radius 2 is 2.14 bits per heavy atom. The minimum Gasteiger partial charge on any atom is -0.493 e. The van der Waals surface area contributed by atoms with Crippen LogP contribution in [0.5, 0.6) is 11.5 Å². The molecule has 0 N–H and O–H groups in total. The summed E-state index contributed by atoms with van der Waals surface area (Å²) < 4.78 is 10.2. The van der Waals surface area contributed by atoms with Crippen molar-refractivity contribution in [2.75, 3.05) is 13.7 Å². The van der Waals surface area contributed by atoms with Crippen LogP contribution >= 0.6 is 11.6 Å². The Kier molecular flexibility index (Phi) is 3.77. The van der Waals surface area contributed by atoms with E-state index in [-0.39, 0.29) is 12.4 Å². The topological polar surface area (TPSA) is 35.5 Å². The number of ketones is 1. The largest absolute Gasteiger partial charge is 0.493 e. The molecule has 1 aromatic rings. The normalized spacial score (nSPS) is 9.64. The van der Waals surface area contributed by atoms with Crippen LogP contribution in [0.15, 0.2) is 18.2 Å². The van der Waals surface area contributed by atoms with Gasteiger partial charge in [-0.25, -0.2) is 0 Å². The molecule has 0 heterocycles. The van der Waals surface area contributed by atoms with Gasteiger partial charge in [-0.3, -0.25) is 4.79 Å². The molecule has 0 fully saturated rings. The fourth-order valence-electron chi connectivity index (χ4n) is 0.943. The van der Waals surface area contributed by atoms with Crippen molar-refractivity contribution in [3.8, 4) is 11.5 Å². The molecule has 0 aliphatic rings. The van der Waals surface area contributed by atoms with E-state index >= 15 is 0 Å². The van der Waals surface area contributed by atoms with Crippen LogP contribution in [0, 0.1) is 0 Å². The molecule has 0 atom stereocenters. The number of benzene rings is 1. The zero-order chi connectivity index (χ0) is 10.6. The van der Waals surface area contributed by atoms with Crippen molar-refractivity contribution in [1.29, 1.82) is 0 Å². The molecule has 0 aliphatic heterocycles. The molecule has 0 aliphatic carbocycles. The molecule has 0 amide bonds. The fraction of sp³-hybridized carbons (Fsp3) is 0.300. The van der Waals surface area contributed by atoms with Crippen molar-refractivity contribution in [2.24, 2.45) is 0 Å². The summed E-state index contributed by atoms with van der Waals surface area (Å²) >= 11 is 5.77. The first kappa shape index (κ1) is 10.9. The Balaban J connectivity index is 2.82. The highest BCUT2D eigenvalue weighted by Crippen LogP contribution is 2.29. The average molecular weight is 215 g/mol. The quantitative estimate of drug-likeness (QED) is 0.772. The van der Waals surface area contributed by atoms with Crippen LogP contribution in [0.4, 0.5) is 0 Å². The lowest BCUT2D eigenvalue weighted by atomic mass is 10.3. The van der Waals surface area contributed by atoms with E-state index in [1.165, 1.54) is 14.0 Å². The highest BCUT2D eigenvalue weighted by molar-refractivity contribution is 6.30. The highest BCUT2D eigenvalue weighted by Gasteiger charge is 2.05. The minimum atomic E-state index is -0.0490. The van der Waals surface area contributed by atoms with Crippen molar-refractivity contribution in [3.63, 3.8) is 0 Å². The van der Waals surface area contributed by atoms with Crippen LogP contribution in [0.25, 0.3) is 0 Å². The van der Waals surface area contributed by atoms with Crippen LogP contribution < -0.4 is 9.47 Å². The van der Waals surface area contributed by atoms with E-state index in [9.17, 15) is 4.79 Å². The first-order chi connectivity index (χ1) is 6.63. The molecule has 1 aromatic carbocycles. The predicted molar refractivity (Wildman–Crippen MR) is 54.2 cm³/mol. The van der Waals surface area contributed by atoms with Crippen molar-refractivity contribution >= 4 is 17.4 Å². The van der Waals surface area contributed by atoms with E-state index in [0.29, 0.717) is 16.5 Å². The summed E-state index contributed by atoms with van der Waals surface area (Å²) in [7, 11) is 1.53. The van der Waals surface area contributed by atoms with Gasteiger partial charge in [0.1, 0.15) is 6.61 Å². The second-order valence-corrected chi connectivity index (χ2v) is 3.22. The molecule has 76 valence electrons. The van der Waals surface area contributed by atoms with Gasteiger partial charge in [0.05, 0.1) is 7.11 Å². The Hall–Kier alpha value is -1.22. The maximum atomic E-state index is 10.7. The van der Waals surface area contributed by atoms with Gasteiger partial charge in [-0.05, 0) is 19.1 Å². The number of methoxy groups -OCH3 is 1. The summed E-state index contributed by atoms with van der Waals surface area (Å²) in [5, 5.41) is 0.546. The summed E-state index contributed by atoms with van der Waals surface area (Å²) in [5.74, 6) is 0.998. The lowest BCUT2D eigenvalue weighted by molar-refractivity contribution is -0.118. The van der Waals surface area contributed by atoms with Crippen LogP contribution in [0.3, 0.4) is 0 Å². The van der Waals surface area contributed by atoms with Gasteiger partial charge in [0.15, 0.2) is 17.3 Å². The molecular formula is C10H11ClO3. The summed E-state index contributed by atoms with van der Waals surface area (Å²) in [4.78, 5) is 10.7. The highest BCUT2D eigenvalue weighted by atomic mass is 35.5. The number of rotatable bonds is 4. The van der Waals surface area contributed by atoms with Crippen molar-refractivity contribution in [1.82, 2.24) is 0 Å². The third-order valence-corrected chi connectivity index (χ3v) is 1.79. The van der Waals surface area contributed by atoms with Crippen LogP contribution in [0.1, 0.15) is 6.92 Å². The molecule has 14 heavy (non-hydrogen) atoms. The zero-order valence-corrected chi connectivity index (χ0v) is 8.80. The van der Waals surface area contributed by atoms with Gasteiger partial charge in [0.2, 0.25) is 0 Å². The number of ether oxygens (including phenoxy) is 2. The monoisotopic (exact) mass is 214 g/mol. The average Bonchev–Trinajstić information content (AvgIpc) is 2.15. The maximum Gasteiger partial charge on any atom is 0.167 e. The summed E-state index contributed by atoms with van der Waals surface area (Å²) in [5.41, 5.74) is 0. The van der Waals surface area contributed by atoms with E-state index in [1.807, 2.05) is 0 Å². The summed E-state index contributed by atoms with van der Waals surface area (Å²) in [6.07, 6.45) is 0. The lowest BCUT2D eigenvalue weighted by Crippen LogP contribution is -2.07. The molecule has 4 heteroatoms. The molecule has 0 unspecified atom stereocenters. The second-order valence-electron chi connectivity index (χ2n) is 2.79. The molecule has 0 aromatic heterocycles. The van der Waals surface area contributed by atoms with E-state index < -0.39 is 0 Å². The molecule has 0 saturated carbocycles. The SMILES string of the molecule is COc1ccc(Cl)cc1OCC(C)=O. The molecule has 0 bridgehead atoms. The summed E-state index contributed by atoms with van der Waals surface area (Å²) in [6.45, 7) is 1.48. The van der Waals surface area contributed by atoms with Gasteiger partial charge in [0, 0.05) is 11.1 Å². The summed E-state index contributed by atoms with van der Waals surface area (Å²) in [6, 6.07) is 5.00. The smallest absolute Gasteiger partial charge is 0.167 e. The second kappa shape index (κ2) is 4.86. The van der Waals surface area contributed by atoms with Gasteiger partial charge < -0.3 is 9.47 Å². The van der Waals surface area contributed by atoms with Crippen molar-refractivity contribution in [2.45, 2.75) is 6.92 Å². The van der Waals surface area contributed by atoms with E-state index in [1.54, 1.807) is 18.2 Å². The molecule has 3 nitrogen and oxygen atoms in total. The third kappa shape index (κ3) is 2.92. The fourth-order valence-corrected chi connectivity index (χ4v) is 1.10. The first-order valence-electron chi connectivity index (χ1n) is 4.09. The Labute approximate surface area is 87.6 Å². The van der Waals surface area contributed by atoms with Gasteiger partial charge in [-0.1, -0.05) is 11.6 Å². The Bertz CT molecular complexity index is 336. The third-order valence-electron chi connectivity index (χ3n) is 1.56. The van der Waals surface area contributed by atoms with Crippen LogP contribution in [0.2, 0.25) is 5.02 Å². The van der Waals surface area contributed by atoms with Gasteiger partial charge in [0.25, 0.3) is 0 Å². The number of Topliss-reactive ketones (excluding diaryl/α,β-unsaturated/α-hetero) is 1. The van der Waals surface area contributed by atoms with E-state index in [4.69, 9.17) is 21.1 Å². The van der Waals surface area contributed by atoms with Crippen molar-refractivity contribution in [3.05, 3.63) is 23.2 Å². The molecule has 0 spiro atoms. The predicted octanol–water partition coefficient (Wildman–Crippen LogP) is 2.32. The molecule has 0 saturated heterocycles. The van der Waals surface area contributed by atoms with Gasteiger partial charge in [-0.15, -0.1) is 0 Å². The number of hydrogen-bond acceptors (Lipinski definition) is 3.